The Bertz CT molecular complexity index is 684. The van der Waals surface area contributed by atoms with Crippen molar-refractivity contribution >= 4 is 17.8 Å². The van der Waals surface area contributed by atoms with Crippen LogP contribution in [-0.2, 0) is 26.8 Å². The maximum atomic E-state index is 12.0. The summed E-state index contributed by atoms with van der Waals surface area (Å²) >= 11 is 0. The Hall–Kier alpha value is -2.37. The van der Waals surface area contributed by atoms with E-state index in [4.69, 9.17) is 0 Å². The molecule has 0 aromatic heterocycles. The second kappa shape index (κ2) is 6.17. The van der Waals surface area contributed by atoms with Gasteiger partial charge in [0.05, 0.1) is 0 Å². The predicted octanol–water partition coefficient (Wildman–Crippen LogP) is 2.51. The summed E-state index contributed by atoms with van der Waals surface area (Å²) in [6.07, 6.45) is 0.164. The number of nitrogens with one attached hydrogen (secondary N) is 2. The van der Waals surface area contributed by atoms with Gasteiger partial charge in [-0.2, -0.15) is 0 Å². The fourth-order valence-corrected chi connectivity index (χ4v) is 2.92. The van der Waals surface area contributed by atoms with Crippen LogP contribution in [0.25, 0.3) is 0 Å². The minimum atomic E-state index is -0.970. The van der Waals surface area contributed by atoms with Crippen molar-refractivity contribution in [2.24, 2.45) is 5.92 Å². The third-order valence-corrected chi connectivity index (χ3v) is 4.33. The van der Waals surface area contributed by atoms with Crippen LogP contribution in [0, 0.1) is 5.92 Å². The molecule has 4 amide bonds. The Morgan fingerprint density at radius 2 is 1.28 bits per heavy atom. The number of urea groups is 1. The maximum Gasteiger partial charge on any atom is 0.328 e. The quantitative estimate of drug-likeness (QED) is 0.717. The second-order valence-corrected chi connectivity index (χ2v) is 8.60. The summed E-state index contributed by atoms with van der Waals surface area (Å²) in [6.45, 7) is 12.0. The first-order valence-corrected chi connectivity index (χ1v) is 8.33. The molecule has 1 fully saturated rings. The smallest absolute Gasteiger partial charge is 0.328 e. The molecule has 1 saturated heterocycles. The van der Waals surface area contributed by atoms with Crippen LogP contribution in [0.4, 0.5) is 4.79 Å². The molecule has 3 N–H and O–H groups in total. The molecule has 1 aliphatic heterocycles. The van der Waals surface area contributed by atoms with E-state index < -0.39 is 23.8 Å². The molecule has 1 aromatic rings. The van der Waals surface area contributed by atoms with E-state index in [0.29, 0.717) is 0 Å². The van der Waals surface area contributed by atoms with Gasteiger partial charge in [-0.15, -0.1) is 0 Å². The second-order valence-electron chi connectivity index (χ2n) is 8.60. The molecule has 2 rings (SSSR count). The van der Waals surface area contributed by atoms with Crippen LogP contribution in [0.3, 0.4) is 0 Å². The van der Waals surface area contributed by atoms with Crippen LogP contribution in [0.2, 0.25) is 0 Å². The molecule has 6 nitrogen and oxygen atoms in total. The van der Waals surface area contributed by atoms with Crippen molar-refractivity contribution in [1.29, 1.82) is 0 Å². The third-order valence-electron chi connectivity index (χ3n) is 4.33. The third kappa shape index (κ3) is 4.00. The van der Waals surface area contributed by atoms with Gasteiger partial charge in [0.15, 0.2) is 0 Å². The number of benzene rings is 1. The zero-order chi connectivity index (χ0) is 19.2. The highest BCUT2D eigenvalue weighted by molar-refractivity contribution is 6.16. The first-order chi connectivity index (χ1) is 11.3. The number of barbiturate groups is 1. The van der Waals surface area contributed by atoms with Crippen molar-refractivity contribution < 1.29 is 19.5 Å². The summed E-state index contributed by atoms with van der Waals surface area (Å²) < 4.78 is 0. The van der Waals surface area contributed by atoms with Crippen molar-refractivity contribution in [2.45, 2.75) is 58.8 Å². The van der Waals surface area contributed by atoms with Crippen LogP contribution < -0.4 is 10.6 Å². The lowest BCUT2D eigenvalue weighted by molar-refractivity contribution is -0.135. The number of carbonyl (C=O) groups is 3. The van der Waals surface area contributed by atoms with E-state index >= 15 is 0 Å². The van der Waals surface area contributed by atoms with Crippen molar-refractivity contribution in [2.75, 3.05) is 0 Å². The Morgan fingerprint density at radius 3 is 1.64 bits per heavy atom. The fraction of sp³-hybridized carbons (Fsp3) is 0.526. The Kier molecular flexibility index (Phi) is 4.68. The SMILES string of the molecule is CC(C)(C)c1cc(CC2C(=O)NC(=O)NC2=O)cc(C(C)(C)C)c1O. The number of phenolic OH excluding ortho intramolecular Hbond substituents is 1. The molecule has 0 spiro atoms. The lowest BCUT2D eigenvalue weighted by atomic mass is 9.77. The van der Waals surface area contributed by atoms with Crippen LogP contribution in [0.15, 0.2) is 12.1 Å². The Balaban J connectivity index is 2.49. The van der Waals surface area contributed by atoms with Gasteiger partial charge in [0.25, 0.3) is 0 Å². The molecule has 0 saturated carbocycles. The van der Waals surface area contributed by atoms with Crippen molar-refractivity contribution in [3.05, 3.63) is 28.8 Å². The van der Waals surface area contributed by atoms with Gasteiger partial charge in [-0.25, -0.2) is 4.79 Å². The highest BCUT2D eigenvalue weighted by atomic mass is 16.3. The van der Waals surface area contributed by atoms with Crippen LogP contribution in [-0.4, -0.2) is 23.0 Å². The number of rotatable bonds is 2. The van der Waals surface area contributed by atoms with E-state index in [9.17, 15) is 19.5 Å². The number of carbonyl (C=O) groups excluding carboxylic acids is 3. The van der Waals surface area contributed by atoms with Gasteiger partial charge in [-0.05, 0) is 33.9 Å². The van der Waals surface area contributed by atoms with Crippen molar-refractivity contribution in [1.82, 2.24) is 10.6 Å². The summed E-state index contributed by atoms with van der Waals surface area (Å²) in [5.41, 5.74) is 1.71. The molecule has 25 heavy (non-hydrogen) atoms. The van der Waals surface area contributed by atoms with Gasteiger partial charge in [0, 0.05) is 0 Å². The van der Waals surface area contributed by atoms with Crippen molar-refractivity contribution in [3.8, 4) is 5.75 Å². The van der Waals surface area contributed by atoms with Gasteiger partial charge in [0.2, 0.25) is 11.8 Å². The normalized spacial score (nSPS) is 16.6. The lowest BCUT2D eigenvalue weighted by Crippen LogP contribution is -2.56. The maximum absolute atomic E-state index is 12.0. The Labute approximate surface area is 148 Å². The molecule has 0 atom stereocenters. The van der Waals surface area contributed by atoms with Gasteiger partial charge < -0.3 is 5.11 Å². The van der Waals surface area contributed by atoms with E-state index in [2.05, 4.69) is 10.6 Å². The van der Waals surface area contributed by atoms with E-state index in [1.165, 1.54) is 0 Å². The first kappa shape index (κ1) is 19.0. The lowest BCUT2D eigenvalue weighted by Gasteiger charge is -2.29. The minimum absolute atomic E-state index is 0.164. The molecule has 1 aliphatic rings. The number of aromatic hydroxyl groups is 1. The average molecular weight is 346 g/mol. The average Bonchev–Trinajstić information content (AvgIpc) is 2.41. The molecule has 136 valence electrons. The summed E-state index contributed by atoms with van der Waals surface area (Å²) in [7, 11) is 0. The molecule has 0 bridgehead atoms. The Morgan fingerprint density at radius 1 is 0.880 bits per heavy atom. The topological polar surface area (TPSA) is 95.5 Å². The molecule has 6 heteroatoms. The largest absolute Gasteiger partial charge is 0.507 e. The van der Waals surface area contributed by atoms with Crippen LogP contribution in [0.1, 0.15) is 58.2 Å². The standard InChI is InChI=1S/C19H26N2O4/c1-18(2,3)12-8-10(9-13(14(12)22)19(4,5)6)7-11-15(23)20-17(25)21-16(11)24/h8-9,11,22H,7H2,1-6H3,(H2,20,21,23,24,25). The number of amides is 4. The molecule has 0 unspecified atom stereocenters. The molecular weight excluding hydrogens is 320 g/mol. The molecule has 0 aliphatic carbocycles. The van der Waals surface area contributed by atoms with Crippen LogP contribution in [0.5, 0.6) is 5.75 Å². The van der Waals surface area contributed by atoms with Gasteiger partial charge >= 0.3 is 6.03 Å². The molecular formula is C19H26N2O4. The zero-order valence-corrected chi connectivity index (χ0v) is 15.6. The zero-order valence-electron chi connectivity index (χ0n) is 15.6. The highest BCUT2D eigenvalue weighted by Gasteiger charge is 2.35. The minimum Gasteiger partial charge on any atom is -0.507 e. The summed E-state index contributed by atoms with van der Waals surface area (Å²) in [5, 5.41) is 15.0. The number of hydrogen-bond donors (Lipinski definition) is 3. The molecule has 1 aromatic carbocycles. The molecule has 0 radical (unpaired) electrons. The first-order valence-electron chi connectivity index (χ1n) is 8.33. The monoisotopic (exact) mass is 346 g/mol. The number of phenols is 1. The van der Waals surface area contributed by atoms with Gasteiger partial charge in [-0.3, -0.25) is 20.2 Å². The summed E-state index contributed by atoms with van der Waals surface area (Å²) in [5.74, 6) is -1.92. The van der Waals surface area contributed by atoms with E-state index in [0.717, 1.165) is 16.7 Å². The van der Waals surface area contributed by atoms with E-state index in [1.54, 1.807) is 0 Å². The van der Waals surface area contributed by atoms with Gasteiger partial charge in [0.1, 0.15) is 11.7 Å². The van der Waals surface area contributed by atoms with E-state index in [-0.39, 0.29) is 23.0 Å². The number of hydrogen-bond acceptors (Lipinski definition) is 4. The fourth-order valence-electron chi connectivity index (χ4n) is 2.92. The number of imide groups is 2. The van der Waals surface area contributed by atoms with E-state index in [1.807, 2.05) is 53.7 Å². The van der Waals surface area contributed by atoms with Crippen LogP contribution >= 0.6 is 0 Å². The molecule has 1 heterocycles. The highest BCUT2D eigenvalue weighted by Crippen LogP contribution is 2.40. The van der Waals surface area contributed by atoms with Crippen molar-refractivity contribution in [3.63, 3.8) is 0 Å². The van der Waals surface area contributed by atoms with Gasteiger partial charge in [-0.1, -0.05) is 53.7 Å². The summed E-state index contributed by atoms with van der Waals surface area (Å²) in [4.78, 5) is 35.2. The predicted molar refractivity (Wildman–Crippen MR) is 94.4 cm³/mol. The summed E-state index contributed by atoms with van der Waals surface area (Å²) in [6, 6.07) is 2.88.